The van der Waals surface area contributed by atoms with E-state index in [9.17, 15) is 9.59 Å². The Morgan fingerprint density at radius 3 is 2.31 bits per heavy atom. The third-order valence-corrected chi connectivity index (χ3v) is 2.11. The second-order valence-electron chi connectivity index (χ2n) is 4.60. The van der Waals surface area contributed by atoms with Gasteiger partial charge in [-0.1, -0.05) is 0 Å². The summed E-state index contributed by atoms with van der Waals surface area (Å²) in [7, 11) is 0. The summed E-state index contributed by atoms with van der Waals surface area (Å²) in [6.07, 6.45) is 2.25. The summed E-state index contributed by atoms with van der Waals surface area (Å²) in [6.45, 7) is 5.54. The van der Waals surface area contributed by atoms with Gasteiger partial charge >= 0.3 is 5.97 Å². The van der Waals surface area contributed by atoms with Gasteiger partial charge in [0.25, 0.3) is 0 Å². The normalized spacial score (nSPS) is 27.6. The second-order valence-corrected chi connectivity index (χ2v) is 4.60. The molecule has 13 heavy (non-hydrogen) atoms. The number of carbonyl (C=O) groups excluding carboxylic acids is 2. The van der Waals surface area contributed by atoms with E-state index in [1.807, 2.05) is 20.8 Å². The maximum Gasteiger partial charge on any atom is 0.309 e. The van der Waals surface area contributed by atoms with Gasteiger partial charge in [0, 0.05) is 5.92 Å². The van der Waals surface area contributed by atoms with E-state index in [2.05, 4.69) is 0 Å². The van der Waals surface area contributed by atoms with Gasteiger partial charge in [0.1, 0.15) is 11.9 Å². The fourth-order valence-electron chi connectivity index (χ4n) is 1.35. The molecule has 0 aromatic rings. The van der Waals surface area contributed by atoms with Crippen molar-refractivity contribution in [2.75, 3.05) is 0 Å². The van der Waals surface area contributed by atoms with Gasteiger partial charge in [-0.15, -0.1) is 0 Å². The number of carbonyl (C=O) groups is 2. The lowest BCUT2D eigenvalue weighted by atomic mass is 9.76. The highest BCUT2D eigenvalue weighted by Gasteiger charge is 2.36. The Balaban J connectivity index is 2.31. The van der Waals surface area contributed by atoms with Crippen LogP contribution in [0.3, 0.4) is 0 Å². The van der Waals surface area contributed by atoms with Crippen LogP contribution in [0.25, 0.3) is 0 Å². The molecule has 1 saturated carbocycles. The molecule has 3 nitrogen and oxygen atoms in total. The Labute approximate surface area is 78.5 Å². The summed E-state index contributed by atoms with van der Waals surface area (Å²) < 4.78 is 5.18. The van der Waals surface area contributed by atoms with Crippen LogP contribution in [0.4, 0.5) is 0 Å². The molecule has 0 amide bonds. The Morgan fingerprint density at radius 2 is 1.92 bits per heavy atom. The number of aldehydes is 1. The van der Waals surface area contributed by atoms with Crippen LogP contribution < -0.4 is 0 Å². The van der Waals surface area contributed by atoms with Crippen LogP contribution in [0.5, 0.6) is 0 Å². The van der Waals surface area contributed by atoms with Crippen LogP contribution in [0.2, 0.25) is 0 Å². The van der Waals surface area contributed by atoms with Crippen molar-refractivity contribution in [1.29, 1.82) is 0 Å². The molecule has 0 N–H and O–H groups in total. The third-order valence-electron chi connectivity index (χ3n) is 2.11. The average Bonchev–Trinajstić information content (AvgIpc) is 1.79. The van der Waals surface area contributed by atoms with E-state index in [1.54, 1.807) is 0 Å². The first-order valence-corrected chi connectivity index (χ1v) is 4.60. The summed E-state index contributed by atoms with van der Waals surface area (Å²) >= 11 is 0. The molecule has 0 heterocycles. The molecule has 1 aliphatic rings. The van der Waals surface area contributed by atoms with E-state index < -0.39 is 5.60 Å². The minimum Gasteiger partial charge on any atom is -0.460 e. The molecule has 74 valence electrons. The zero-order valence-corrected chi connectivity index (χ0v) is 8.37. The summed E-state index contributed by atoms with van der Waals surface area (Å²) in [4.78, 5) is 21.7. The van der Waals surface area contributed by atoms with E-state index >= 15 is 0 Å². The summed E-state index contributed by atoms with van der Waals surface area (Å²) in [5, 5.41) is 0. The minimum atomic E-state index is -0.413. The maximum absolute atomic E-state index is 11.4. The molecule has 0 saturated heterocycles. The van der Waals surface area contributed by atoms with Crippen LogP contribution in [0.15, 0.2) is 0 Å². The number of ether oxygens (including phenoxy) is 1. The van der Waals surface area contributed by atoms with Crippen LogP contribution in [0, 0.1) is 11.8 Å². The van der Waals surface area contributed by atoms with Crippen LogP contribution in [0.1, 0.15) is 33.6 Å². The minimum absolute atomic E-state index is 0.0468. The van der Waals surface area contributed by atoms with Crippen molar-refractivity contribution >= 4 is 12.3 Å². The Morgan fingerprint density at radius 1 is 1.38 bits per heavy atom. The summed E-state index contributed by atoms with van der Waals surface area (Å²) in [5.41, 5.74) is -0.413. The van der Waals surface area contributed by atoms with Crippen LogP contribution in [-0.4, -0.2) is 17.9 Å². The van der Waals surface area contributed by atoms with Crippen molar-refractivity contribution in [2.45, 2.75) is 39.2 Å². The van der Waals surface area contributed by atoms with Crippen molar-refractivity contribution in [3.63, 3.8) is 0 Å². The Bertz CT molecular complexity index is 209. The first kappa shape index (κ1) is 10.2. The highest BCUT2D eigenvalue weighted by Crippen LogP contribution is 2.33. The van der Waals surface area contributed by atoms with Crippen LogP contribution >= 0.6 is 0 Å². The highest BCUT2D eigenvalue weighted by molar-refractivity contribution is 5.76. The molecule has 0 atom stereocenters. The predicted molar refractivity (Wildman–Crippen MR) is 48.1 cm³/mol. The summed E-state index contributed by atoms with van der Waals surface area (Å²) in [6, 6.07) is 0. The van der Waals surface area contributed by atoms with Crippen LogP contribution in [-0.2, 0) is 14.3 Å². The number of hydrogen-bond donors (Lipinski definition) is 0. The fourth-order valence-corrected chi connectivity index (χ4v) is 1.35. The standard InChI is InChI=1S/C10H16O3/c1-10(2,3)13-9(12)8-4-7(5-8)6-11/h6-8H,4-5H2,1-3H3/t7-,8+. The van der Waals surface area contributed by atoms with E-state index in [0.29, 0.717) is 12.8 Å². The fraction of sp³-hybridized carbons (Fsp3) is 0.800. The second kappa shape index (κ2) is 3.48. The van der Waals surface area contributed by atoms with Gasteiger partial charge < -0.3 is 9.53 Å². The van der Waals surface area contributed by atoms with E-state index in [4.69, 9.17) is 4.74 Å². The number of rotatable bonds is 2. The molecule has 1 rings (SSSR count). The molecule has 0 radical (unpaired) electrons. The quantitative estimate of drug-likeness (QED) is 0.483. The van der Waals surface area contributed by atoms with E-state index in [-0.39, 0.29) is 17.8 Å². The molecule has 3 heteroatoms. The maximum atomic E-state index is 11.4. The molecular formula is C10H16O3. The number of esters is 1. The van der Waals surface area contributed by atoms with Crippen molar-refractivity contribution < 1.29 is 14.3 Å². The summed E-state index contributed by atoms with van der Waals surface area (Å²) in [5.74, 6) is -0.127. The molecule has 0 unspecified atom stereocenters. The van der Waals surface area contributed by atoms with E-state index in [1.165, 1.54) is 0 Å². The van der Waals surface area contributed by atoms with Crippen molar-refractivity contribution in [2.24, 2.45) is 11.8 Å². The zero-order chi connectivity index (χ0) is 10.1. The van der Waals surface area contributed by atoms with Gasteiger partial charge in [-0.3, -0.25) is 4.79 Å². The first-order chi connectivity index (χ1) is 5.92. The number of hydrogen-bond acceptors (Lipinski definition) is 3. The largest absolute Gasteiger partial charge is 0.460 e. The molecule has 1 fully saturated rings. The van der Waals surface area contributed by atoms with Crippen molar-refractivity contribution in [1.82, 2.24) is 0 Å². The van der Waals surface area contributed by atoms with Gasteiger partial charge in [-0.05, 0) is 33.6 Å². The lowest BCUT2D eigenvalue weighted by Crippen LogP contribution is -2.36. The Hall–Kier alpha value is -0.860. The molecule has 0 bridgehead atoms. The zero-order valence-electron chi connectivity index (χ0n) is 8.37. The first-order valence-electron chi connectivity index (χ1n) is 4.60. The molecule has 0 aromatic heterocycles. The topological polar surface area (TPSA) is 43.4 Å². The smallest absolute Gasteiger partial charge is 0.309 e. The van der Waals surface area contributed by atoms with Gasteiger partial charge in [-0.2, -0.15) is 0 Å². The highest BCUT2D eigenvalue weighted by atomic mass is 16.6. The molecular weight excluding hydrogens is 168 g/mol. The Kier molecular flexibility index (Phi) is 2.74. The predicted octanol–water partition coefficient (Wildman–Crippen LogP) is 1.55. The van der Waals surface area contributed by atoms with Crippen molar-refractivity contribution in [3.8, 4) is 0 Å². The van der Waals surface area contributed by atoms with Gasteiger partial charge in [0.2, 0.25) is 0 Å². The lowest BCUT2D eigenvalue weighted by Gasteiger charge is -2.32. The van der Waals surface area contributed by atoms with E-state index in [0.717, 1.165) is 6.29 Å². The monoisotopic (exact) mass is 184 g/mol. The van der Waals surface area contributed by atoms with Gasteiger partial charge in [-0.25, -0.2) is 0 Å². The molecule has 0 aliphatic heterocycles. The van der Waals surface area contributed by atoms with Gasteiger partial charge in [0.15, 0.2) is 0 Å². The molecule has 0 spiro atoms. The molecule has 0 aromatic carbocycles. The third kappa shape index (κ3) is 2.83. The molecule has 1 aliphatic carbocycles. The average molecular weight is 184 g/mol. The van der Waals surface area contributed by atoms with Gasteiger partial charge in [0.05, 0.1) is 5.92 Å². The lowest BCUT2D eigenvalue weighted by molar-refractivity contribution is -0.164. The SMILES string of the molecule is CC(C)(C)OC(=O)[C@H]1C[C@@H](C=O)C1. The van der Waals surface area contributed by atoms with Crippen molar-refractivity contribution in [3.05, 3.63) is 0 Å².